The number of nitrogens with zero attached hydrogens (tertiary/aromatic N) is 7. The summed E-state index contributed by atoms with van der Waals surface area (Å²) in [4.78, 5) is 7.20. The van der Waals surface area contributed by atoms with Crippen molar-refractivity contribution in [1.29, 1.82) is 5.26 Å². The highest BCUT2D eigenvalue weighted by Gasteiger charge is 2.27. The molecule has 0 unspecified atom stereocenters. The van der Waals surface area contributed by atoms with Crippen molar-refractivity contribution in [1.82, 2.24) is 24.1 Å². The second-order valence-electron chi connectivity index (χ2n) is 8.38. The van der Waals surface area contributed by atoms with Crippen LogP contribution in [0.1, 0.15) is 55.6 Å². The van der Waals surface area contributed by atoms with Gasteiger partial charge in [0.2, 0.25) is 0 Å². The van der Waals surface area contributed by atoms with Gasteiger partial charge in [0.1, 0.15) is 24.0 Å². The zero-order valence-electron chi connectivity index (χ0n) is 17.6. The first-order valence-electron chi connectivity index (χ1n) is 10.5. The Balaban J connectivity index is 1.53. The Morgan fingerprint density at radius 1 is 1.17 bits per heavy atom. The van der Waals surface area contributed by atoms with E-state index < -0.39 is 0 Å². The predicted octanol–water partition coefficient (Wildman–Crippen LogP) is 4.22. The molecule has 7 heteroatoms. The molecule has 0 spiro atoms. The average Bonchev–Trinajstić information content (AvgIpc) is 3.38. The summed E-state index contributed by atoms with van der Waals surface area (Å²) in [5.41, 5.74) is 4.32. The van der Waals surface area contributed by atoms with Gasteiger partial charge in [-0.3, -0.25) is 4.40 Å². The van der Waals surface area contributed by atoms with Gasteiger partial charge < -0.3 is 9.47 Å². The third-order valence-electron chi connectivity index (χ3n) is 6.21. The lowest BCUT2D eigenvalue weighted by molar-refractivity contribution is 0.447. The molecule has 1 aromatic carbocycles. The van der Waals surface area contributed by atoms with Crippen LogP contribution in [0.5, 0.6) is 0 Å². The fourth-order valence-electron chi connectivity index (χ4n) is 4.61. The molecule has 0 radical (unpaired) electrons. The van der Waals surface area contributed by atoms with Crippen molar-refractivity contribution in [2.24, 2.45) is 0 Å². The Bertz CT molecular complexity index is 1270. The maximum Gasteiger partial charge on any atom is 0.157 e. The van der Waals surface area contributed by atoms with Crippen molar-refractivity contribution in [3.8, 4) is 6.07 Å². The maximum absolute atomic E-state index is 9.72. The van der Waals surface area contributed by atoms with Crippen LogP contribution in [0.3, 0.4) is 0 Å². The van der Waals surface area contributed by atoms with Gasteiger partial charge in [0.15, 0.2) is 5.65 Å². The van der Waals surface area contributed by atoms with Crippen molar-refractivity contribution in [2.45, 2.75) is 45.6 Å². The number of anilines is 1. The Morgan fingerprint density at radius 2 is 1.93 bits per heavy atom. The lowest BCUT2D eigenvalue weighted by Crippen LogP contribution is -2.35. The summed E-state index contributed by atoms with van der Waals surface area (Å²) in [5.74, 6) is 2.62. The molecule has 0 bridgehead atoms. The number of piperidine rings is 1. The second-order valence-corrected chi connectivity index (χ2v) is 8.38. The van der Waals surface area contributed by atoms with E-state index >= 15 is 0 Å². The molecule has 7 nitrogen and oxygen atoms in total. The molecule has 0 saturated carbocycles. The van der Waals surface area contributed by atoms with Crippen molar-refractivity contribution in [3.05, 3.63) is 53.6 Å². The molecule has 5 rings (SSSR count). The van der Waals surface area contributed by atoms with Crippen molar-refractivity contribution < 1.29 is 0 Å². The number of para-hydroxylation sites is 2. The van der Waals surface area contributed by atoms with E-state index in [1.54, 1.807) is 0 Å². The topological polar surface area (TPSA) is 75.0 Å². The molecule has 0 aliphatic carbocycles. The number of aromatic nitrogens is 5. The summed E-state index contributed by atoms with van der Waals surface area (Å²) in [6.45, 7) is 8.20. The van der Waals surface area contributed by atoms with Crippen LogP contribution < -0.4 is 4.90 Å². The van der Waals surface area contributed by atoms with E-state index in [-0.39, 0.29) is 0 Å². The third kappa shape index (κ3) is 2.83. The summed E-state index contributed by atoms with van der Waals surface area (Å²) in [6, 6.07) is 13.0. The SMILES string of the molecule is Cc1cc(N2CCC(c3nncn3C(C)C)CC2)n2c(nc3ccccc32)c1C#N. The third-order valence-corrected chi connectivity index (χ3v) is 6.21. The predicted molar refractivity (Wildman–Crippen MR) is 117 cm³/mol. The van der Waals surface area contributed by atoms with Gasteiger partial charge in [-0.2, -0.15) is 5.26 Å². The molecule has 1 fully saturated rings. The monoisotopic (exact) mass is 399 g/mol. The maximum atomic E-state index is 9.72. The van der Waals surface area contributed by atoms with Crippen LogP contribution in [0.2, 0.25) is 0 Å². The highest BCUT2D eigenvalue weighted by Crippen LogP contribution is 2.33. The Morgan fingerprint density at radius 3 is 2.67 bits per heavy atom. The zero-order chi connectivity index (χ0) is 20.8. The highest BCUT2D eigenvalue weighted by atomic mass is 15.3. The molecule has 4 aromatic rings. The summed E-state index contributed by atoms with van der Waals surface area (Å²) in [7, 11) is 0. The molecular weight excluding hydrogens is 374 g/mol. The molecule has 0 atom stereocenters. The van der Waals surface area contributed by atoms with Gasteiger partial charge in [-0.05, 0) is 57.4 Å². The normalized spacial score (nSPS) is 15.4. The molecule has 4 heterocycles. The molecule has 0 amide bonds. The van der Waals surface area contributed by atoms with Gasteiger partial charge in [0, 0.05) is 25.0 Å². The molecule has 3 aromatic heterocycles. The van der Waals surface area contributed by atoms with Gasteiger partial charge in [0.05, 0.1) is 16.6 Å². The second kappa shape index (κ2) is 7.13. The van der Waals surface area contributed by atoms with Crippen molar-refractivity contribution >= 4 is 22.5 Å². The molecular formula is C23H25N7. The largest absolute Gasteiger partial charge is 0.358 e. The summed E-state index contributed by atoms with van der Waals surface area (Å²) < 4.78 is 4.34. The summed E-state index contributed by atoms with van der Waals surface area (Å²) in [6.07, 6.45) is 3.90. The quantitative estimate of drug-likeness (QED) is 0.515. The van der Waals surface area contributed by atoms with Crippen molar-refractivity contribution in [2.75, 3.05) is 18.0 Å². The number of benzene rings is 1. The average molecular weight is 400 g/mol. The highest BCUT2D eigenvalue weighted by molar-refractivity contribution is 5.85. The van der Waals surface area contributed by atoms with E-state index in [0.717, 1.165) is 59.8 Å². The first-order chi connectivity index (χ1) is 14.6. The van der Waals surface area contributed by atoms with Crippen LogP contribution in [0.15, 0.2) is 36.7 Å². The Labute approximate surface area is 175 Å². The van der Waals surface area contributed by atoms with Crippen LogP contribution >= 0.6 is 0 Å². The molecule has 152 valence electrons. The number of imidazole rings is 1. The van der Waals surface area contributed by atoms with Gasteiger partial charge >= 0.3 is 0 Å². The number of hydrogen-bond donors (Lipinski definition) is 0. The van der Waals surface area contributed by atoms with E-state index in [2.05, 4.69) is 56.1 Å². The minimum absolute atomic E-state index is 0.367. The van der Waals surface area contributed by atoms with Gasteiger partial charge in [-0.15, -0.1) is 10.2 Å². The Kier molecular flexibility index (Phi) is 4.43. The molecule has 1 aliphatic heterocycles. The van der Waals surface area contributed by atoms with Gasteiger partial charge in [0.25, 0.3) is 0 Å². The molecule has 0 N–H and O–H groups in total. The smallest absolute Gasteiger partial charge is 0.157 e. The molecule has 1 saturated heterocycles. The number of fused-ring (bicyclic) bond motifs is 3. The number of aryl methyl sites for hydroxylation is 1. The van der Waals surface area contributed by atoms with Crippen LogP contribution in [0, 0.1) is 18.3 Å². The van der Waals surface area contributed by atoms with Crippen LogP contribution in [0.4, 0.5) is 5.82 Å². The number of pyridine rings is 1. The lowest BCUT2D eigenvalue weighted by Gasteiger charge is -2.34. The standard InChI is InChI=1S/C23H25N7/c1-15(2)29-14-25-27-22(29)17-8-10-28(11-9-17)21-12-16(3)18(13-24)23-26-19-6-4-5-7-20(19)30(21)23/h4-7,12,14-15,17H,8-11H2,1-3H3. The van der Waals surface area contributed by atoms with Gasteiger partial charge in [-0.25, -0.2) is 4.98 Å². The van der Waals surface area contributed by atoms with Crippen LogP contribution in [-0.4, -0.2) is 37.2 Å². The van der Waals surface area contributed by atoms with E-state index in [0.29, 0.717) is 17.5 Å². The van der Waals surface area contributed by atoms with Gasteiger partial charge in [-0.1, -0.05) is 12.1 Å². The first kappa shape index (κ1) is 18.6. The van der Waals surface area contributed by atoms with Crippen LogP contribution in [0.25, 0.3) is 16.7 Å². The number of hydrogen-bond acceptors (Lipinski definition) is 5. The summed E-state index contributed by atoms with van der Waals surface area (Å²) >= 11 is 0. The van der Waals surface area contributed by atoms with E-state index in [1.807, 2.05) is 31.5 Å². The van der Waals surface area contributed by atoms with E-state index in [4.69, 9.17) is 4.98 Å². The molecule has 1 aliphatic rings. The Hall–Kier alpha value is -3.40. The van der Waals surface area contributed by atoms with E-state index in [1.165, 1.54) is 0 Å². The minimum Gasteiger partial charge on any atom is -0.358 e. The van der Waals surface area contributed by atoms with Crippen LogP contribution in [-0.2, 0) is 0 Å². The summed E-state index contributed by atoms with van der Waals surface area (Å²) in [5, 5.41) is 18.3. The molecule has 30 heavy (non-hydrogen) atoms. The van der Waals surface area contributed by atoms with Crippen molar-refractivity contribution in [3.63, 3.8) is 0 Å². The number of rotatable bonds is 3. The minimum atomic E-state index is 0.367. The fourth-order valence-corrected chi connectivity index (χ4v) is 4.61. The zero-order valence-corrected chi connectivity index (χ0v) is 17.6. The lowest BCUT2D eigenvalue weighted by atomic mass is 9.95. The number of nitriles is 1. The first-order valence-corrected chi connectivity index (χ1v) is 10.5. The van der Waals surface area contributed by atoms with E-state index in [9.17, 15) is 5.26 Å². The fraction of sp³-hybridized carbons (Fsp3) is 0.391.